The molecule has 4 atom stereocenters. The number of methoxy groups -OCH3 is 2. The molecule has 3 saturated carbocycles. The first-order valence-corrected chi connectivity index (χ1v) is 15.8. The van der Waals surface area contributed by atoms with Gasteiger partial charge in [-0.1, -0.05) is 37.1 Å². The Balaban J connectivity index is 1.18. The van der Waals surface area contributed by atoms with Crippen LogP contribution in [0.3, 0.4) is 0 Å². The van der Waals surface area contributed by atoms with Crippen LogP contribution in [-0.4, -0.2) is 62.4 Å². The third kappa shape index (κ3) is 5.58. The molecule has 2 heterocycles. The summed E-state index contributed by atoms with van der Waals surface area (Å²) in [5.74, 6) is 0.454. The van der Waals surface area contributed by atoms with Gasteiger partial charge in [-0.3, -0.25) is 0 Å². The van der Waals surface area contributed by atoms with Crippen molar-refractivity contribution in [3.8, 4) is 11.5 Å². The van der Waals surface area contributed by atoms with Crippen LogP contribution in [0.4, 0.5) is 0 Å². The molecule has 2 saturated heterocycles. The standard InChI is InChI=1S/C34H44O8/c1-35-25-13-9-23(10-14-25)21-37-27-29-31(41-33(39-29)17-5-3-6-18-33)28(38-22-24-11-15-26(36-2)16-12-24)32-30(27)40-34(42-32)19-7-4-8-20-34/h9-16,27-32H,3-8,17-22H2,1-2H3/t27?,28?,29-,30-,31+,32+. The van der Waals surface area contributed by atoms with Crippen molar-refractivity contribution in [1.29, 1.82) is 0 Å². The van der Waals surface area contributed by atoms with Crippen molar-refractivity contribution >= 4 is 0 Å². The van der Waals surface area contributed by atoms with Gasteiger partial charge in [-0.15, -0.1) is 0 Å². The van der Waals surface area contributed by atoms with E-state index in [-0.39, 0.29) is 36.6 Å². The van der Waals surface area contributed by atoms with Gasteiger partial charge in [0.25, 0.3) is 0 Å². The van der Waals surface area contributed by atoms with Gasteiger partial charge in [-0.05, 0) is 61.1 Å². The van der Waals surface area contributed by atoms with E-state index in [1.165, 1.54) is 12.8 Å². The van der Waals surface area contributed by atoms with Gasteiger partial charge >= 0.3 is 0 Å². The van der Waals surface area contributed by atoms with Crippen molar-refractivity contribution in [2.24, 2.45) is 0 Å². The fraction of sp³-hybridized carbons (Fsp3) is 0.647. The molecule has 0 unspecified atom stereocenters. The summed E-state index contributed by atoms with van der Waals surface area (Å²) >= 11 is 0. The zero-order valence-electron chi connectivity index (χ0n) is 24.8. The van der Waals surface area contributed by atoms with Crippen molar-refractivity contribution < 1.29 is 37.9 Å². The van der Waals surface area contributed by atoms with Crippen LogP contribution in [0, 0.1) is 0 Å². The van der Waals surface area contributed by atoms with E-state index < -0.39 is 11.6 Å². The Labute approximate surface area is 248 Å². The molecule has 42 heavy (non-hydrogen) atoms. The number of ether oxygens (including phenoxy) is 8. The highest BCUT2D eigenvalue weighted by molar-refractivity contribution is 5.27. The monoisotopic (exact) mass is 580 g/mol. The van der Waals surface area contributed by atoms with Crippen LogP contribution in [0.2, 0.25) is 0 Å². The summed E-state index contributed by atoms with van der Waals surface area (Å²) in [6, 6.07) is 16.0. The highest BCUT2D eigenvalue weighted by atomic mass is 16.8. The minimum atomic E-state index is -0.599. The lowest BCUT2D eigenvalue weighted by Crippen LogP contribution is -2.62. The molecule has 0 amide bonds. The summed E-state index contributed by atoms with van der Waals surface area (Å²) < 4.78 is 51.9. The fourth-order valence-corrected chi connectivity index (χ4v) is 7.57. The normalized spacial score (nSPS) is 32.9. The quantitative estimate of drug-likeness (QED) is 0.372. The van der Waals surface area contributed by atoms with E-state index in [1.54, 1.807) is 14.2 Å². The van der Waals surface area contributed by atoms with Gasteiger partial charge in [0.2, 0.25) is 0 Å². The molecule has 7 rings (SSSR count). The van der Waals surface area contributed by atoms with Gasteiger partial charge in [-0.25, -0.2) is 0 Å². The molecule has 0 N–H and O–H groups in total. The highest BCUT2D eigenvalue weighted by Gasteiger charge is 2.66. The SMILES string of the molecule is COc1ccc(COC2[C@H]3OC4(CCCCC4)O[C@H]3C(OCc3ccc(OC)cc3)[C@@H]3OC4(CCCCC4)O[C@H]23)cc1. The molecule has 3 aliphatic carbocycles. The summed E-state index contributed by atoms with van der Waals surface area (Å²) in [5.41, 5.74) is 2.14. The van der Waals surface area contributed by atoms with Crippen molar-refractivity contribution in [3.63, 3.8) is 0 Å². The molecule has 8 nitrogen and oxygen atoms in total. The van der Waals surface area contributed by atoms with Crippen LogP contribution in [-0.2, 0) is 41.6 Å². The Morgan fingerprint density at radius 1 is 0.524 bits per heavy atom. The Kier molecular flexibility index (Phi) is 8.20. The Hall–Kier alpha value is -2.20. The molecule has 5 aliphatic rings. The molecular formula is C34H44O8. The van der Waals surface area contributed by atoms with E-state index in [4.69, 9.17) is 37.9 Å². The first-order valence-electron chi connectivity index (χ1n) is 15.8. The lowest BCUT2D eigenvalue weighted by molar-refractivity contribution is -0.229. The Morgan fingerprint density at radius 2 is 0.857 bits per heavy atom. The summed E-state index contributed by atoms with van der Waals surface area (Å²) in [5, 5.41) is 0. The van der Waals surface area contributed by atoms with E-state index in [9.17, 15) is 0 Å². The predicted octanol–water partition coefficient (Wildman–Crippen LogP) is 6.08. The van der Waals surface area contributed by atoms with Crippen LogP contribution in [0.5, 0.6) is 11.5 Å². The number of fused-ring (bicyclic) bond motifs is 2. The van der Waals surface area contributed by atoms with E-state index >= 15 is 0 Å². The molecule has 2 aromatic carbocycles. The lowest BCUT2D eigenvalue weighted by Gasteiger charge is -2.42. The third-order valence-corrected chi connectivity index (χ3v) is 9.78. The number of benzene rings is 2. The largest absolute Gasteiger partial charge is 0.497 e. The zero-order chi connectivity index (χ0) is 28.6. The van der Waals surface area contributed by atoms with Gasteiger partial charge < -0.3 is 37.9 Å². The predicted molar refractivity (Wildman–Crippen MR) is 154 cm³/mol. The smallest absolute Gasteiger partial charge is 0.169 e. The average molecular weight is 581 g/mol. The van der Waals surface area contributed by atoms with Crippen LogP contribution >= 0.6 is 0 Å². The lowest BCUT2D eigenvalue weighted by atomic mass is 9.84. The second-order valence-corrected chi connectivity index (χ2v) is 12.5. The molecule has 2 spiro atoms. The maximum atomic E-state index is 6.93. The second kappa shape index (κ2) is 12.1. The molecule has 2 aliphatic heterocycles. The van der Waals surface area contributed by atoms with Crippen molar-refractivity contribution in [1.82, 2.24) is 0 Å². The first-order chi connectivity index (χ1) is 20.6. The van der Waals surface area contributed by atoms with Crippen molar-refractivity contribution in [2.45, 2.75) is 126 Å². The molecule has 5 fully saturated rings. The first kappa shape index (κ1) is 28.6. The molecule has 228 valence electrons. The topological polar surface area (TPSA) is 73.8 Å². The molecular weight excluding hydrogens is 536 g/mol. The number of hydrogen-bond acceptors (Lipinski definition) is 8. The molecule has 0 radical (unpaired) electrons. The van der Waals surface area contributed by atoms with Gasteiger partial charge in [0.1, 0.15) is 48.1 Å². The molecule has 2 aromatic rings. The summed E-state index contributed by atoms with van der Waals surface area (Å²) in [4.78, 5) is 0. The fourth-order valence-electron chi connectivity index (χ4n) is 7.57. The average Bonchev–Trinajstić information content (AvgIpc) is 3.58. The van der Waals surface area contributed by atoms with E-state index in [1.807, 2.05) is 48.5 Å². The molecule has 8 heteroatoms. The van der Waals surface area contributed by atoms with Crippen LogP contribution in [0.25, 0.3) is 0 Å². The van der Waals surface area contributed by atoms with Crippen LogP contribution < -0.4 is 9.47 Å². The Bertz CT molecular complexity index is 1050. The summed E-state index contributed by atoms with van der Waals surface area (Å²) in [7, 11) is 3.36. The summed E-state index contributed by atoms with van der Waals surface area (Å²) in [6.45, 7) is 0.871. The Morgan fingerprint density at radius 3 is 1.17 bits per heavy atom. The van der Waals surface area contributed by atoms with Crippen molar-refractivity contribution in [3.05, 3.63) is 59.7 Å². The second-order valence-electron chi connectivity index (χ2n) is 12.5. The minimum Gasteiger partial charge on any atom is -0.497 e. The zero-order valence-corrected chi connectivity index (χ0v) is 24.8. The van der Waals surface area contributed by atoms with E-state index in [0.717, 1.165) is 74.0 Å². The third-order valence-electron chi connectivity index (χ3n) is 9.78. The van der Waals surface area contributed by atoms with E-state index in [2.05, 4.69) is 0 Å². The van der Waals surface area contributed by atoms with Gasteiger partial charge in [0.15, 0.2) is 11.6 Å². The molecule has 0 aromatic heterocycles. The van der Waals surface area contributed by atoms with E-state index in [0.29, 0.717) is 13.2 Å². The number of hydrogen-bond donors (Lipinski definition) is 0. The maximum absolute atomic E-state index is 6.93. The number of rotatable bonds is 8. The molecule has 0 bridgehead atoms. The van der Waals surface area contributed by atoms with Gasteiger partial charge in [0.05, 0.1) is 27.4 Å². The van der Waals surface area contributed by atoms with Crippen LogP contribution in [0.1, 0.15) is 75.3 Å². The summed E-state index contributed by atoms with van der Waals surface area (Å²) in [6.07, 6.45) is 8.40. The van der Waals surface area contributed by atoms with Crippen molar-refractivity contribution in [2.75, 3.05) is 14.2 Å². The highest BCUT2D eigenvalue weighted by Crippen LogP contribution is 2.52. The van der Waals surface area contributed by atoms with Gasteiger partial charge in [0, 0.05) is 25.7 Å². The van der Waals surface area contributed by atoms with Crippen LogP contribution in [0.15, 0.2) is 48.5 Å². The minimum absolute atomic E-state index is 0.314. The maximum Gasteiger partial charge on any atom is 0.169 e. The van der Waals surface area contributed by atoms with Gasteiger partial charge in [-0.2, -0.15) is 0 Å².